The third-order valence-electron chi connectivity index (χ3n) is 2.00. The van der Waals surface area contributed by atoms with Crippen molar-refractivity contribution in [2.45, 2.75) is 12.6 Å². The first-order valence-corrected chi connectivity index (χ1v) is 4.75. The van der Waals surface area contributed by atoms with E-state index in [2.05, 4.69) is 9.72 Å². The number of hydrogen-bond donors (Lipinski definition) is 1. The van der Waals surface area contributed by atoms with Crippen molar-refractivity contribution < 1.29 is 22.7 Å². The lowest BCUT2D eigenvalue weighted by atomic mass is 10.1. The van der Waals surface area contributed by atoms with Crippen LogP contribution in [-0.2, 0) is 17.3 Å². The molecule has 1 aromatic heterocycles. The van der Waals surface area contributed by atoms with E-state index in [1.165, 1.54) is 6.07 Å². The van der Waals surface area contributed by atoms with Gasteiger partial charge in [-0.2, -0.15) is 13.2 Å². The maximum Gasteiger partial charge on any atom is 0.433 e. The van der Waals surface area contributed by atoms with Gasteiger partial charge < -0.3 is 10.5 Å². The van der Waals surface area contributed by atoms with Crippen molar-refractivity contribution in [3.8, 4) is 0 Å². The van der Waals surface area contributed by atoms with Crippen molar-refractivity contribution >= 4 is 5.97 Å². The molecule has 0 radical (unpaired) electrons. The number of pyridine rings is 1. The van der Waals surface area contributed by atoms with Gasteiger partial charge in [0, 0.05) is 0 Å². The summed E-state index contributed by atoms with van der Waals surface area (Å²) in [5, 5.41) is 0. The molecule has 0 aromatic carbocycles. The van der Waals surface area contributed by atoms with Crippen LogP contribution in [0.2, 0.25) is 0 Å². The highest BCUT2D eigenvalue weighted by Crippen LogP contribution is 2.28. The number of ether oxygens (including phenoxy) is 1. The minimum Gasteiger partial charge on any atom is -0.464 e. The van der Waals surface area contributed by atoms with E-state index < -0.39 is 17.8 Å². The Morgan fingerprint density at radius 2 is 2.12 bits per heavy atom. The second-order valence-corrected chi connectivity index (χ2v) is 3.27. The molecule has 0 saturated heterocycles. The first kappa shape index (κ1) is 13.4. The molecule has 4 nitrogen and oxygen atoms in total. The summed E-state index contributed by atoms with van der Waals surface area (Å²) < 4.78 is 41.9. The van der Waals surface area contributed by atoms with E-state index in [9.17, 15) is 18.0 Å². The van der Waals surface area contributed by atoms with Crippen molar-refractivity contribution in [3.05, 3.63) is 29.1 Å². The largest absolute Gasteiger partial charge is 0.464 e. The maximum atomic E-state index is 12.5. The Hall–Kier alpha value is -1.63. The fraction of sp³-hybridized carbons (Fsp3) is 0.400. The van der Waals surface area contributed by atoms with Gasteiger partial charge in [-0.3, -0.25) is 0 Å². The number of hydrogen-bond acceptors (Lipinski definition) is 4. The molecule has 1 heterocycles. The predicted molar refractivity (Wildman–Crippen MR) is 53.3 cm³/mol. The molecule has 0 saturated carbocycles. The van der Waals surface area contributed by atoms with Gasteiger partial charge in [0.15, 0.2) is 0 Å². The van der Waals surface area contributed by atoms with E-state index in [1.807, 2.05) is 0 Å². The molecular formula is C10H11F3N2O2. The molecule has 0 aliphatic heterocycles. The van der Waals surface area contributed by atoms with E-state index >= 15 is 0 Å². The topological polar surface area (TPSA) is 65.2 Å². The Morgan fingerprint density at radius 3 is 2.59 bits per heavy atom. The number of nitrogens with two attached hydrogens (primary N) is 1. The highest BCUT2D eigenvalue weighted by Gasteiger charge is 2.33. The van der Waals surface area contributed by atoms with Crippen LogP contribution in [0.5, 0.6) is 0 Å². The van der Waals surface area contributed by atoms with Crippen molar-refractivity contribution in [2.75, 3.05) is 13.7 Å². The molecule has 2 N–H and O–H groups in total. The van der Waals surface area contributed by atoms with Gasteiger partial charge in [-0.1, -0.05) is 0 Å². The van der Waals surface area contributed by atoms with Crippen LogP contribution in [0, 0.1) is 0 Å². The van der Waals surface area contributed by atoms with Crippen LogP contribution >= 0.6 is 0 Å². The van der Waals surface area contributed by atoms with E-state index in [0.717, 1.165) is 13.2 Å². The Morgan fingerprint density at radius 1 is 1.47 bits per heavy atom. The minimum absolute atomic E-state index is 0.182. The molecule has 1 aromatic rings. The van der Waals surface area contributed by atoms with Crippen LogP contribution in [0.3, 0.4) is 0 Å². The second kappa shape index (κ2) is 5.13. The zero-order valence-electron chi connectivity index (χ0n) is 9.04. The van der Waals surface area contributed by atoms with Crippen molar-refractivity contribution in [2.24, 2.45) is 5.73 Å². The average molecular weight is 248 g/mol. The minimum atomic E-state index is -4.60. The van der Waals surface area contributed by atoms with E-state index in [4.69, 9.17) is 5.73 Å². The zero-order chi connectivity index (χ0) is 13.1. The average Bonchev–Trinajstić information content (AvgIpc) is 2.27. The molecule has 0 fully saturated rings. The fourth-order valence-electron chi connectivity index (χ4n) is 1.25. The quantitative estimate of drug-likeness (QED) is 0.821. The number of methoxy groups -OCH3 is 1. The molecule has 0 aliphatic carbocycles. The van der Waals surface area contributed by atoms with Gasteiger partial charge in [0.1, 0.15) is 11.4 Å². The van der Waals surface area contributed by atoms with Gasteiger partial charge >= 0.3 is 12.1 Å². The highest BCUT2D eigenvalue weighted by molar-refractivity contribution is 5.87. The van der Waals surface area contributed by atoms with Gasteiger partial charge in [-0.25, -0.2) is 9.78 Å². The number of esters is 1. The molecule has 7 heteroatoms. The number of aromatic nitrogens is 1. The summed E-state index contributed by atoms with van der Waals surface area (Å²) >= 11 is 0. The lowest BCUT2D eigenvalue weighted by Gasteiger charge is -2.09. The summed E-state index contributed by atoms with van der Waals surface area (Å²) in [5.41, 5.74) is 4.07. The standard InChI is InChI=1S/C10H11F3N2O2/c1-17-9(16)7-4-6(2-3-14)5-8(15-7)10(11,12)13/h4-5H,2-3,14H2,1H3. The van der Waals surface area contributed by atoms with Crippen LogP contribution in [0.1, 0.15) is 21.7 Å². The third-order valence-corrected chi connectivity index (χ3v) is 2.00. The van der Waals surface area contributed by atoms with Crippen molar-refractivity contribution in [1.82, 2.24) is 4.98 Å². The van der Waals surface area contributed by atoms with Crippen LogP contribution in [0.15, 0.2) is 12.1 Å². The van der Waals surface area contributed by atoms with E-state index in [1.54, 1.807) is 0 Å². The number of rotatable bonds is 3. The molecule has 1 rings (SSSR count). The van der Waals surface area contributed by atoms with Crippen LogP contribution in [-0.4, -0.2) is 24.6 Å². The van der Waals surface area contributed by atoms with Crippen LogP contribution in [0.4, 0.5) is 13.2 Å². The van der Waals surface area contributed by atoms with Gasteiger partial charge in [0.2, 0.25) is 0 Å². The Labute approximate surface area is 95.6 Å². The van der Waals surface area contributed by atoms with Gasteiger partial charge in [0.25, 0.3) is 0 Å². The summed E-state index contributed by atoms with van der Waals surface area (Å²) in [5.74, 6) is -0.908. The first-order valence-electron chi connectivity index (χ1n) is 4.75. The molecule has 0 unspecified atom stereocenters. The monoisotopic (exact) mass is 248 g/mol. The molecule has 0 spiro atoms. The van der Waals surface area contributed by atoms with Crippen LogP contribution < -0.4 is 5.73 Å². The lowest BCUT2D eigenvalue weighted by molar-refractivity contribution is -0.141. The first-order chi connectivity index (χ1) is 7.88. The van der Waals surface area contributed by atoms with Crippen molar-refractivity contribution in [3.63, 3.8) is 0 Å². The van der Waals surface area contributed by atoms with Gasteiger partial charge in [-0.15, -0.1) is 0 Å². The summed E-state index contributed by atoms with van der Waals surface area (Å²) in [7, 11) is 1.08. The number of carbonyl (C=O) groups is 1. The van der Waals surface area contributed by atoms with Gasteiger partial charge in [-0.05, 0) is 30.7 Å². The molecule has 0 atom stereocenters. The summed E-state index contributed by atoms with van der Waals surface area (Å²) in [6.45, 7) is 0.182. The number of carbonyl (C=O) groups excluding carboxylic acids is 1. The molecule has 0 bridgehead atoms. The molecular weight excluding hydrogens is 237 g/mol. The lowest BCUT2D eigenvalue weighted by Crippen LogP contribution is -2.15. The molecule has 0 aliphatic rings. The number of nitrogens with zero attached hydrogens (tertiary/aromatic N) is 1. The smallest absolute Gasteiger partial charge is 0.433 e. The fourth-order valence-corrected chi connectivity index (χ4v) is 1.25. The van der Waals surface area contributed by atoms with Crippen LogP contribution in [0.25, 0.3) is 0 Å². The van der Waals surface area contributed by atoms with Gasteiger partial charge in [0.05, 0.1) is 7.11 Å². The molecule has 94 valence electrons. The molecule has 17 heavy (non-hydrogen) atoms. The SMILES string of the molecule is COC(=O)c1cc(CCN)cc(C(F)(F)F)n1. The predicted octanol–water partition coefficient (Wildman–Crippen LogP) is 1.39. The summed E-state index contributed by atoms with van der Waals surface area (Å²) in [4.78, 5) is 14.4. The maximum absolute atomic E-state index is 12.5. The van der Waals surface area contributed by atoms with E-state index in [-0.39, 0.29) is 18.7 Å². The summed E-state index contributed by atoms with van der Waals surface area (Å²) in [6, 6.07) is 2.12. The normalized spacial score (nSPS) is 11.4. The van der Waals surface area contributed by atoms with Crippen molar-refractivity contribution in [1.29, 1.82) is 0 Å². The number of halogens is 3. The Bertz CT molecular complexity index is 419. The zero-order valence-corrected chi connectivity index (χ0v) is 9.04. The Balaban J connectivity index is 3.23. The highest BCUT2D eigenvalue weighted by atomic mass is 19.4. The van der Waals surface area contributed by atoms with E-state index in [0.29, 0.717) is 5.56 Å². The Kier molecular flexibility index (Phi) is 4.06. The second-order valence-electron chi connectivity index (χ2n) is 3.27. The summed E-state index contributed by atoms with van der Waals surface area (Å²) in [6.07, 6.45) is -4.37. The molecule has 0 amide bonds. The third kappa shape index (κ3) is 3.42. The number of alkyl halides is 3.